The van der Waals surface area contributed by atoms with E-state index in [0.717, 1.165) is 0 Å². The summed E-state index contributed by atoms with van der Waals surface area (Å²) in [6.45, 7) is 11.1. The predicted molar refractivity (Wildman–Crippen MR) is 73.2 cm³/mol. The zero-order valence-corrected chi connectivity index (χ0v) is 11.6. The molecule has 2 nitrogen and oxygen atoms in total. The van der Waals surface area contributed by atoms with Crippen molar-refractivity contribution in [2.24, 2.45) is 5.92 Å². The molecule has 1 aromatic carbocycles. The summed E-state index contributed by atoms with van der Waals surface area (Å²) in [6, 6.07) is 6.81. The minimum absolute atomic E-state index is 0.274. The first-order valence-corrected chi connectivity index (χ1v) is 6.40. The topological polar surface area (TPSA) is 32.3 Å². The van der Waals surface area contributed by atoms with Gasteiger partial charge in [-0.25, -0.2) is 0 Å². The molecule has 17 heavy (non-hydrogen) atoms. The third kappa shape index (κ3) is 4.14. The molecule has 0 heterocycles. The average molecular weight is 235 g/mol. The minimum Gasteiger partial charge on any atom is -0.392 e. The van der Waals surface area contributed by atoms with E-state index in [1.165, 1.54) is 16.7 Å². The summed E-state index contributed by atoms with van der Waals surface area (Å²) in [4.78, 5) is 0. The van der Waals surface area contributed by atoms with Gasteiger partial charge in [0.1, 0.15) is 0 Å². The van der Waals surface area contributed by atoms with Crippen LogP contribution in [0.15, 0.2) is 18.2 Å². The van der Waals surface area contributed by atoms with Crippen LogP contribution < -0.4 is 5.32 Å². The molecule has 0 amide bonds. The second kappa shape index (κ2) is 6.18. The maximum atomic E-state index is 9.76. The quantitative estimate of drug-likeness (QED) is 0.822. The van der Waals surface area contributed by atoms with Gasteiger partial charge in [-0.05, 0) is 43.4 Å². The van der Waals surface area contributed by atoms with Crippen LogP contribution in [0.5, 0.6) is 0 Å². The molecule has 0 aliphatic carbocycles. The molecule has 0 aliphatic heterocycles. The molecule has 1 aromatic rings. The standard InChI is InChI=1S/C15H25NO/c1-10(2)15(17)9-16-13(5)14-7-6-11(3)12(4)8-14/h6-8,10,13,15-17H,9H2,1-5H3. The molecule has 0 aromatic heterocycles. The maximum Gasteiger partial charge on any atom is 0.0687 e. The van der Waals surface area contributed by atoms with Gasteiger partial charge in [0.15, 0.2) is 0 Å². The Bertz CT molecular complexity index is 360. The highest BCUT2D eigenvalue weighted by atomic mass is 16.3. The molecule has 2 unspecified atom stereocenters. The normalized spacial score (nSPS) is 15.0. The van der Waals surface area contributed by atoms with Gasteiger partial charge in [0.2, 0.25) is 0 Å². The highest BCUT2D eigenvalue weighted by Gasteiger charge is 2.11. The van der Waals surface area contributed by atoms with Crippen molar-refractivity contribution >= 4 is 0 Å². The van der Waals surface area contributed by atoms with Crippen LogP contribution in [0, 0.1) is 19.8 Å². The Balaban J connectivity index is 2.58. The Labute approximate surface area is 105 Å². The Morgan fingerprint density at radius 3 is 2.29 bits per heavy atom. The molecule has 96 valence electrons. The van der Waals surface area contributed by atoms with Gasteiger partial charge in [-0.3, -0.25) is 0 Å². The van der Waals surface area contributed by atoms with E-state index in [-0.39, 0.29) is 12.1 Å². The van der Waals surface area contributed by atoms with E-state index in [1.807, 2.05) is 13.8 Å². The second-order valence-electron chi connectivity index (χ2n) is 5.28. The molecule has 0 bridgehead atoms. The smallest absolute Gasteiger partial charge is 0.0687 e. The van der Waals surface area contributed by atoms with Gasteiger partial charge >= 0.3 is 0 Å². The molecule has 0 spiro atoms. The van der Waals surface area contributed by atoms with E-state index in [1.54, 1.807) is 0 Å². The number of aryl methyl sites for hydroxylation is 2. The molecule has 0 radical (unpaired) electrons. The lowest BCUT2D eigenvalue weighted by Crippen LogP contribution is -2.32. The number of hydrogen-bond acceptors (Lipinski definition) is 2. The van der Waals surface area contributed by atoms with Crippen molar-refractivity contribution in [2.45, 2.75) is 46.8 Å². The average Bonchev–Trinajstić information content (AvgIpc) is 2.28. The van der Waals surface area contributed by atoms with Crippen LogP contribution in [0.3, 0.4) is 0 Å². The predicted octanol–water partition coefficient (Wildman–Crippen LogP) is 2.97. The van der Waals surface area contributed by atoms with Gasteiger partial charge in [0.25, 0.3) is 0 Å². The van der Waals surface area contributed by atoms with Crippen LogP contribution in [0.4, 0.5) is 0 Å². The van der Waals surface area contributed by atoms with Crippen molar-refractivity contribution < 1.29 is 5.11 Å². The maximum absolute atomic E-state index is 9.76. The summed E-state index contributed by atoms with van der Waals surface area (Å²) in [5.74, 6) is 0.300. The van der Waals surface area contributed by atoms with E-state index in [2.05, 4.69) is 44.3 Å². The van der Waals surface area contributed by atoms with Crippen molar-refractivity contribution in [1.29, 1.82) is 0 Å². The molecule has 0 fully saturated rings. The fraction of sp³-hybridized carbons (Fsp3) is 0.600. The number of rotatable bonds is 5. The van der Waals surface area contributed by atoms with Crippen molar-refractivity contribution in [3.05, 3.63) is 34.9 Å². The lowest BCUT2D eigenvalue weighted by atomic mass is 10.0. The van der Waals surface area contributed by atoms with E-state index < -0.39 is 0 Å². The summed E-state index contributed by atoms with van der Waals surface area (Å²) < 4.78 is 0. The summed E-state index contributed by atoms with van der Waals surface area (Å²) in [5, 5.41) is 13.1. The van der Waals surface area contributed by atoms with E-state index in [9.17, 15) is 5.11 Å². The van der Waals surface area contributed by atoms with Gasteiger partial charge in [-0.2, -0.15) is 0 Å². The zero-order valence-electron chi connectivity index (χ0n) is 11.6. The van der Waals surface area contributed by atoms with E-state index >= 15 is 0 Å². The minimum atomic E-state index is -0.274. The largest absolute Gasteiger partial charge is 0.392 e. The number of hydrogen-bond donors (Lipinski definition) is 2. The van der Waals surface area contributed by atoms with Crippen molar-refractivity contribution in [1.82, 2.24) is 5.32 Å². The Kier molecular flexibility index (Phi) is 5.16. The molecule has 0 saturated carbocycles. The summed E-state index contributed by atoms with van der Waals surface area (Å²) >= 11 is 0. The first-order valence-electron chi connectivity index (χ1n) is 6.40. The third-order valence-corrected chi connectivity index (χ3v) is 3.43. The molecule has 2 atom stereocenters. The van der Waals surface area contributed by atoms with Crippen LogP contribution in [-0.4, -0.2) is 17.8 Å². The molecular formula is C15H25NO. The van der Waals surface area contributed by atoms with E-state index in [4.69, 9.17) is 0 Å². The van der Waals surface area contributed by atoms with Gasteiger partial charge in [-0.15, -0.1) is 0 Å². The SMILES string of the molecule is Cc1ccc(C(C)NCC(O)C(C)C)cc1C. The fourth-order valence-corrected chi connectivity index (χ4v) is 1.69. The molecule has 0 aliphatic rings. The van der Waals surface area contributed by atoms with Crippen LogP contribution in [0.1, 0.15) is 43.5 Å². The highest BCUT2D eigenvalue weighted by molar-refractivity contribution is 5.31. The molecule has 2 N–H and O–H groups in total. The fourth-order valence-electron chi connectivity index (χ4n) is 1.69. The Morgan fingerprint density at radius 2 is 1.76 bits per heavy atom. The second-order valence-corrected chi connectivity index (χ2v) is 5.28. The zero-order chi connectivity index (χ0) is 13.0. The number of aliphatic hydroxyl groups excluding tert-OH is 1. The molecular weight excluding hydrogens is 210 g/mol. The van der Waals surface area contributed by atoms with Gasteiger partial charge in [0.05, 0.1) is 6.10 Å². The summed E-state index contributed by atoms with van der Waals surface area (Å²) in [5.41, 5.74) is 3.92. The van der Waals surface area contributed by atoms with Crippen molar-refractivity contribution in [2.75, 3.05) is 6.54 Å². The van der Waals surface area contributed by atoms with Gasteiger partial charge in [0, 0.05) is 12.6 Å². The first-order chi connectivity index (χ1) is 7.91. The number of aliphatic hydroxyl groups is 1. The monoisotopic (exact) mass is 235 g/mol. The first kappa shape index (κ1) is 14.2. The Morgan fingerprint density at radius 1 is 1.12 bits per heavy atom. The molecule has 0 saturated heterocycles. The van der Waals surface area contributed by atoms with Crippen LogP contribution in [0.25, 0.3) is 0 Å². The molecule has 1 rings (SSSR count). The lowest BCUT2D eigenvalue weighted by molar-refractivity contribution is 0.120. The number of benzene rings is 1. The van der Waals surface area contributed by atoms with Gasteiger partial charge in [-0.1, -0.05) is 32.0 Å². The number of nitrogens with one attached hydrogen (secondary N) is 1. The molecule has 2 heteroatoms. The highest BCUT2D eigenvalue weighted by Crippen LogP contribution is 2.16. The summed E-state index contributed by atoms with van der Waals surface area (Å²) in [6.07, 6.45) is -0.274. The van der Waals surface area contributed by atoms with Crippen LogP contribution in [0.2, 0.25) is 0 Å². The van der Waals surface area contributed by atoms with E-state index in [0.29, 0.717) is 12.5 Å². The van der Waals surface area contributed by atoms with Crippen LogP contribution >= 0.6 is 0 Å². The lowest BCUT2D eigenvalue weighted by Gasteiger charge is -2.20. The Hall–Kier alpha value is -0.860. The van der Waals surface area contributed by atoms with Crippen molar-refractivity contribution in [3.8, 4) is 0 Å². The van der Waals surface area contributed by atoms with Gasteiger partial charge < -0.3 is 10.4 Å². The summed E-state index contributed by atoms with van der Waals surface area (Å²) in [7, 11) is 0. The third-order valence-electron chi connectivity index (χ3n) is 3.43. The van der Waals surface area contributed by atoms with Crippen LogP contribution in [-0.2, 0) is 0 Å². The van der Waals surface area contributed by atoms with Crippen molar-refractivity contribution in [3.63, 3.8) is 0 Å².